The number of pyridine rings is 1. The summed E-state index contributed by atoms with van der Waals surface area (Å²) in [5, 5.41) is 13.6. The third kappa shape index (κ3) is 6.76. The van der Waals surface area contributed by atoms with Gasteiger partial charge in [0.05, 0.1) is 10.4 Å². The summed E-state index contributed by atoms with van der Waals surface area (Å²) in [5.41, 5.74) is -0.443. The average molecular weight is 661 g/mol. The van der Waals surface area contributed by atoms with Crippen LogP contribution in [0.25, 0.3) is 22.2 Å². The van der Waals surface area contributed by atoms with E-state index in [0.29, 0.717) is 67.2 Å². The van der Waals surface area contributed by atoms with Crippen LogP contribution in [-0.2, 0) is 12.3 Å². The number of piperidine rings is 1. The number of hydrogen-bond donors (Lipinski definition) is 2. The van der Waals surface area contributed by atoms with Crippen LogP contribution in [0, 0.1) is 11.7 Å². The van der Waals surface area contributed by atoms with Crippen LogP contribution < -0.4 is 10.2 Å². The van der Waals surface area contributed by atoms with E-state index in [1.165, 1.54) is 19.0 Å². The summed E-state index contributed by atoms with van der Waals surface area (Å²) in [5.74, 6) is -3.27. The number of allylic oxidation sites excluding steroid dienone is 1. The Morgan fingerprint density at radius 3 is 2.72 bits per heavy atom. The van der Waals surface area contributed by atoms with Gasteiger partial charge < -0.3 is 15.3 Å². The van der Waals surface area contributed by atoms with E-state index in [9.17, 15) is 9.50 Å². The molecule has 5 aliphatic heterocycles. The number of aryl methyl sites for hydroxylation is 1. The number of rotatable bonds is 1. The van der Waals surface area contributed by atoms with Gasteiger partial charge in [-0.05, 0) is 69.5 Å². The van der Waals surface area contributed by atoms with Gasteiger partial charge in [0.1, 0.15) is 34.8 Å². The van der Waals surface area contributed by atoms with Gasteiger partial charge in [0, 0.05) is 68.1 Å². The molecule has 2 N–H and O–H groups in total. The fourth-order valence-corrected chi connectivity index (χ4v) is 7.65. The maximum Gasteiger partial charge on any atom is 0.275 e. The molecule has 12 heteroatoms. The Hall–Kier alpha value is -3.18. The number of phenols is 1. The monoisotopic (exact) mass is 660 g/mol. The normalized spacial score (nSPS) is 24.7. The lowest BCUT2D eigenvalue weighted by molar-refractivity contribution is -0.0145. The van der Waals surface area contributed by atoms with Gasteiger partial charge in [0.15, 0.2) is 5.82 Å². The third-order valence-electron chi connectivity index (χ3n) is 9.61. The van der Waals surface area contributed by atoms with E-state index in [0.717, 1.165) is 44.5 Å². The van der Waals surface area contributed by atoms with E-state index < -0.39 is 29.9 Å². The van der Waals surface area contributed by atoms with Crippen LogP contribution in [0.5, 0.6) is 5.75 Å². The van der Waals surface area contributed by atoms with Gasteiger partial charge in [-0.25, -0.2) is 27.5 Å². The molecule has 5 aliphatic rings. The number of hydrogen-bond acceptors (Lipinski definition) is 7. The van der Waals surface area contributed by atoms with Crippen molar-refractivity contribution in [1.29, 1.82) is 0 Å². The summed E-state index contributed by atoms with van der Waals surface area (Å²) in [7, 11) is 0. The highest BCUT2D eigenvalue weighted by Crippen LogP contribution is 2.46. The first-order valence-corrected chi connectivity index (χ1v) is 16.7. The molecule has 3 aromatic rings. The average Bonchev–Trinajstić information content (AvgIpc) is 3.60. The van der Waals surface area contributed by atoms with Crippen LogP contribution in [0.2, 0.25) is 5.02 Å². The van der Waals surface area contributed by atoms with Gasteiger partial charge in [-0.2, -0.15) is 0 Å². The minimum atomic E-state index is -3.40. The second-order valence-electron chi connectivity index (χ2n) is 13.0. The fourth-order valence-electron chi connectivity index (χ4n) is 7.30. The Balaban J connectivity index is 0.000000352. The highest BCUT2D eigenvalue weighted by atomic mass is 35.5. The molecule has 3 atom stereocenters. The Bertz CT molecular complexity index is 1590. The summed E-state index contributed by atoms with van der Waals surface area (Å²) in [6, 6.07) is 2.73. The molecule has 0 spiro atoms. The van der Waals surface area contributed by atoms with Crippen LogP contribution in [0.4, 0.5) is 23.4 Å². The van der Waals surface area contributed by atoms with Crippen LogP contribution in [-0.4, -0.2) is 69.9 Å². The molecule has 3 fully saturated rings. The Labute approximate surface area is 272 Å². The first-order valence-electron chi connectivity index (χ1n) is 16.3. The number of nitrogens with zero attached hydrogens (tertiary/aromatic N) is 5. The van der Waals surface area contributed by atoms with E-state index in [2.05, 4.69) is 31.7 Å². The van der Waals surface area contributed by atoms with Gasteiger partial charge in [0.25, 0.3) is 5.92 Å². The highest BCUT2D eigenvalue weighted by molar-refractivity contribution is 6.32. The van der Waals surface area contributed by atoms with Crippen molar-refractivity contribution in [2.24, 2.45) is 5.92 Å². The lowest BCUT2D eigenvalue weighted by Gasteiger charge is -2.34. The van der Waals surface area contributed by atoms with Crippen LogP contribution in [0.3, 0.4) is 0 Å². The minimum absolute atomic E-state index is 0.0125. The van der Waals surface area contributed by atoms with Crippen LogP contribution in [0.1, 0.15) is 69.7 Å². The molecule has 7 heterocycles. The van der Waals surface area contributed by atoms with Crippen molar-refractivity contribution in [3.8, 4) is 17.0 Å². The summed E-state index contributed by atoms with van der Waals surface area (Å²) in [6.45, 7) is 9.89. The predicted octanol–water partition coefficient (Wildman–Crippen LogP) is 7.54. The molecule has 3 unspecified atom stereocenters. The molecule has 46 heavy (non-hydrogen) atoms. The van der Waals surface area contributed by atoms with E-state index in [-0.39, 0.29) is 34.0 Å². The van der Waals surface area contributed by atoms with Gasteiger partial charge in [-0.1, -0.05) is 25.1 Å². The summed E-state index contributed by atoms with van der Waals surface area (Å²) in [4.78, 5) is 17.8. The summed E-state index contributed by atoms with van der Waals surface area (Å²) in [6.07, 6.45) is 6.65. The van der Waals surface area contributed by atoms with Crippen molar-refractivity contribution >= 4 is 28.3 Å². The lowest BCUT2D eigenvalue weighted by atomic mass is 9.94. The summed E-state index contributed by atoms with van der Waals surface area (Å²) < 4.78 is 60.0. The Morgan fingerprint density at radius 2 is 1.93 bits per heavy atom. The molecule has 0 amide bonds. The fraction of sp³-hybridized carbons (Fsp3) is 0.559. The first-order chi connectivity index (χ1) is 22.0. The molecule has 3 saturated heterocycles. The maximum absolute atomic E-state index is 16.1. The minimum Gasteiger partial charge on any atom is -0.508 e. The molecule has 1 aromatic carbocycles. The molecule has 0 saturated carbocycles. The predicted molar refractivity (Wildman–Crippen MR) is 173 cm³/mol. The second kappa shape index (κ2) is 13.5. The molecular weight excluding hydrogens is 620 g/mol. The topological polar surface area (TPSA) is 77.4 Å². The number of aromatic nitrogens is 3. The maximum atomic E-state index is 16.1. The zero-order valence-electron chi connectivity index (χ0n) is 26.1. The first kappa shape index (κ1) is 32.7. The van der Waals surface area contributed by atoms with Crippen molar-refractivity contribution < 1.29 is 22.7 Å². The van der Waals surface area contributed by atoms with Crippen molar-refractivity contribution in [1.82, 2.24) is 25.2 Å². The summed E-state index contributed by atoms with van der Waals surface area (Å²) >= 11 is 6.24. The van der Waals surface area contributed by atoms with Crippen LogP contribution in [0.15, 0.2) is 30.6 Å². The lowest BCUT2D eigenvalue weighted by Crippen LogP contribution is -2.40. The standard InChI is InChI=1S/C27H29ClF3N5O.C7H12FN/c1-3-21-34-25-19-13-33-24(23(25)29)18-10-17(37)11-20(28)22(18)27(30,31)8-4-6-15(2)32-12-16-7-5-9-36(14-16)26(19)35-21;8-6-4-7-2-1-3-9(7)5-6/h10-11,13,16,32,37H,2-9,12,14H2,1H3;6-7H,1-5H2. The van der Waals surface area contributed by atoms with Gasteiger partial charge >= 0.3 is 0 Å². The molecular formula is C34H41ClF4N6O. The molecule has 0 radical (unpaired) electrons. The number of halogens is 5. The molecule has 248 valence electrons. The van der Waals surface area contributed by atoms with Gasteiger partial charge in [-0.15, -0.1) is 0 Å². The largest absolute Gasteiger partial charge is 0.508 e. The number of fused-ring (bicyclic) bond motifs is 8. The third-order valence-corrected chi connectivity index (χ3v) is 9.91. The van der Waals surface area contributed by atoms with Crippen molar-refractivity contribution in [3.05, 3.63) is 52.8 Å². The van der Waals surface area contributed by atoms with Gasteiger partial charge in [0.2, 0.25) is 0 Å². The van der Waals surface area contributed by atoms with Gasteiger partial charge in [-0.3, -0.25) is 9.88 Å². The smallest absolute Gasteiger partial charge is 0.275 e. The molecule has 2 aromatic heterocycles. The number of anilines is 1. The molecule has 0 aliphatic carbocycles. The number of phenolic OH excluding ortho intramolecular Hbond substituents is 1. The molecule has 7 nitrogen and oxygen atoms in total. The second-order valence-corrected chi connectivity index (χ2v) is 13.4. The van der Waals surface area contributed by atoms with E-state index in [4.69, 9.17) is 16.6 Å². The molecule has 6 bridgehead atoms. The van der Waals surface area contributed by atoms with E-state index >= 15 is 13.2 Å². The molecule has 8 rings (SSSR count). The zero-order chi connectivity index (χ0) is 32.6. The zero-order valence-corrected chi connectivity index (χ0v) is 26.9. The van der Waals surface area contributed by atoms with Crippen molar-refractivity contribution in [2.45, 2.75) is 82.8 Å². The highest BCUT2D eigenvalue weighted by Gasteiger charge is 2.38. The van der Waals surface area contributed by atoms with Crippen molar-refractivity contribution in [3.63, 3.8) is 0 Å². The Morgan fingerprint density at radius 1 is 1.13 bits per heavy atom. The van der Waals surface area contributed by atoms with E-state index in [1.54, 1.807) is 0 Å². The number of nitrogens with one attached hydrogen (secondary N) is 1. The number of alkyl halides is 3. The van der Waals surface area contributed by atoms with E-state index in [1.807, 2.05) is 6.92 Å². The number of benzene rings is 1. The SMILES string of the molecule is C=C1CCCC(F)(F)c2c(Cl)cc(O)cc2-c2ncc3c(nc(CC)nc3c2F)N2CCCC(CN1)C2.FC1CC2CCCN2C1. The quantitative estimate of drug-likeness (QED) is 0.261. The Kier molecular flexibility index (Phi) is 9.62. The number of aromatic hydroxyl groups is 1. The van der Waals surface area contributed by atoms with Crippen molar-refractivity contribution in [2.75, 3.05) is 37.6 Å². The van der Waals surface area contributed by atoms with Crippen LogP contribution >= 0.6 is 11.6 Å².